The second-order valence-electron chi connectivity index (χ2n) is 4.32. The predicted octanol–water partition coefficient (Wildman–Crippen LogP) is 0.839. The van der Waals surface area contributed by atoms with Crippen molar-refractivity contribution in [3.8, 4) is 0 Å². The molecule has 0 aliphatic carbocycles. The van der Waals surface area contributed by atoms with E-state index in [0.717, 1.165) is 0 Å². The van der Waals surface area contributed by atoms with E-state index < -0.39 is 52.7 Å². The molecule has 0 unspecified atom stereocenters. The van der Waals surface area contributed by atoms with Gasteiger partial charge >= 0.3 is 18.1 Å². The standard InChI is InChI=1S/C12H6F3NO6/c13-12(14,15)4-1-2-5-6(3-4)9(18)16(8(5)17)7(10(19)20)11(21)22/h1-3,7H,(H,19,20)(H,21,22). The normalized spacial score (nSPS) is 14.5. The van der Waals surface area contributed by atoms with E-state index in [-0.39, 0.29) is 4.90 Å². The lowest BCUT2D eigenvalue weighted by Crippen LogP contribution is -2.49. The Morgan fingerprint density at radius 1 is 1.00 bits per heavy atom. The van der Waals surface area contributed by atoms with E-state index in [0.29, 0.717) is 18.2 Å². The summed E-state index contributed by atoms with van der Waals surface area (Å²) in [5.41, 5.74) is -2.38. The van der Waals surface area contributed by atoms with E-state index >= 15 is 0 Å². The highest BCUT2D eigenvalue weighted by Gasteiger charge is 2.47. The predicted molar refractivity (Wildman–Crippen MR) is 61.0 cm³/mol. The van der Waals surface area contributed by atoms with Crippen LogP contribution in [0, 0.1) is 0 Å². The van der Waals surface area contributed by atoms with Crippen molar-refractivity contribution in [3.63, 3.8) is 0 Å². The van der Waals surface area contributed by atoms with Crippen LogP contribution < -0.4 is 0 Å². The van der Waals surface area contributed by atoms with Crippen LogP contribution in [-0.2, 0) is 15.8 Å². The molecule has 116 valence electrons. The van der Waals surface area contributed by atoms with Crippen molar-refractivity contribution in [2.24, 2.45) is 0 Å². The number of nitrogens with zero attached hydrogens (tertiary/aromatic N) is 1. The number of carboxylic acid groups (broad SMARTS) is 2. The van der Waals surface area contributed by atoms with E-state index in [2.05, 4.69) is 0 Å². The van der Waals surface area contributed by atoms with E-state index in [4.69, 9.17) is 10.2 Å². The second-order valence-corrected chi connectivity index (χ2v) is 4.32. The topological polar surface area (TPSA) is 112 Å². The quantitative estimate of drug-likeness (QED) is 0.631. The molecular formula is C12H6F3NO6. The maximum atomic E-state index is 12.6. The number of imide groups is 1. The summed E-state index contributed by atoms with van der Waals surface area (Å²) in [5.74, 6) is -6.65. The molecule has 1 aromatic carbocycles. The van der Waals surface area contributed by atoms with Crippen LogP contribution in [0.15, 0.2) is 18.2 Å². The first-order chi connectivity index (χ1) is 10.1. The van der Waals surface area contributed by atoms with Crippen molar-refractivity contribution in [1.82, 2.24) is 4.90 Å². The highest BCUT2D eigenvalue weighted by Crippen LogP contribution is 2.33. The van der Waals surface area contributed by atoms with Crippen molar-refractivity contribution in [2.45, 2.75) is 12.2 Å². The molecule has 0 bridgehead atoms. The van der Waals surface area contributed by atoms with Gasteiger partial charge in [-0.15, -0.1) is 0 Å². The highest BCUT2D eigenvalue weighted by atomic mass is 19.4. The third-order valence-corrected chi connectivity index (χ3v) is 2.97. The van der Waals surface area contributed by atoms with Gasteiger partial charge in [0.05, 0.1) is 16.7 Å². The van der Waals surface area contributed by atoms with Gasteiger partial charge in [-0.3, -0.25) is 9.59 Å². The average molecular weight is 317 g/mol. The summed E-state index contributed by atoms with van der Waals surface area (Å²) in [7, 11) is 0. The molecule has 2 N–H and O–H groups in total. The lowest BCUT2D eigenvalue weighted by molar-refractivity contribution is -0.154. The van der Waals surface area contributed by atoms with Gasteiger partial charge in [-0.2, -0.15) is 13.2 Å². The minimum absolute atomic E-state index is 0.0878. The summed E-state index contributed by atoms with van der Waals surface area (Å²) in [5, 5.41) is 17.6. The SMILES string of the molecule is O=C(O)C(C(=O)O)N1C(=O)c2ccc(C(F)(F)F)cc2C1=O. The average Bonchev–Trinajstić information content (AvgIpc) is 2.62. The van der Waals surface area contributed by atoms with Crippen LogP contribution in [0.5, 0.6) is 0 Å². The van der Waals surface area contributed by atoms with Crippen LogP contribution in [0.2, 0.25) is 0 Å². The van der Waals surface area contributed by atoms with Crippen LogP contribution in [0.3, 0.4) is 0 Å². The van der Waals surface area contributed by atoms with Crippen LogP contribution in [0.25, 0.3) is 0 Å². The zero-order chi connectivity index (χ0) is 16.8. The molecule has 2 rings (SSSR count). The van der Waals surface area contributed by atoms with Gasteiger partial charge in [0.1, 0.15) is 0 Å². The number of halogens is 3. The van der Waals surface area contributed by atoms with Gasteiger partial charge in [-0.05, 0) is 18.2 Å². The summed E-state index contributed by atoms with van der Waals surface area (Å²) >= 11 is 0. The highest BCUT2D eigenvalue weighted by molar-refractivity contribution is 6.24. The van der Waals surface area contributed by atoms with Crippen molar-refractivity contribution >= 4 is 23.8 Å². The molecule has 2 amide bonds. The Hall–Kier alpha value is -2.91. The first-order valence-corrected chi connectivity index (χ1v) is 5.60. The lowest BCUT2D eigenvalue weighted by atomic mass is 10.1. The number of carboxylic acids is 2. The molecule has 0 atom stereocenters. The monoisotopic (exact) mass is 317 g/mol. The molecule has 0 saturated heterocycles. The minimum Gasteiger partial charge on any atom is -0.479 e. The largest absolute Gasteiger partial charge is 0.479 e. The molecule has 1 aromatic rings. The van der Waals surface area contributed by atoms with Crippen LogP contribution in [0.1, 0.15) is 26.3 Å². The summed E-state index contributed by atoms with van der Waals surface area (Å²) in [6.07, 6.45) is -4.77. The summed E-state index contributed by atoms with van der Waals surface area (Å²) in [6.45, 7) is 0. The maximum Gasteiger partial charge on any atom is 0.416 e. The minimum atomic E-state index is -4.77. The summed E-state index contributed by atoms with van der Waals surface area (Å²) in [4.78, 5) is 45.6. The molecule has 1 heterocycles. The fraction of sp³-hybridized carbons (Fsp3) is 0.167. The number of hydrogen-bond donors (Lipinski definition) is 2. The van der Waals surface area contributed by atoms with E-state index in [9.17, 15) is 32.3 Å². The second kappa shape index (κ2) is 4.83. The first kappa shape index (κ1) is 15.5. The molecule has 7 nitrogen and oxygen atoms in total. The summed E-state index contributed by atoms with van der Waals surface area (Å²) in [6, 6.07) is -0.874. The number of carbonyl (C=O) groups is 4. The number of hydrogen-bond acceptors (Lipinski definition) is 4. The Labute approximate surface area is 119 Å². The molecule has 0 radical (unpaired) electrons. The fourth-order valence-electron chi connectivity index (χ4n) is 2.00. The molecule has 0 spiro atoms. The van der Waals surface area contributed by atoms with E-state index in [1.54, 1.807) is 0 Å². The number of rotatable bonds is 3. The molecule has 0 fully saturated rings. The lowest BCUT2D eigenvalue weighted by Gasteiger charge is -2.18. The van der Waals surface area contributed by atoms with Gasteiger partial charge in [-0.25, -0.2) is 14.5 Å². The van der Waals surface area contributed by atoms with Crippen LogP contribution in [0.4, 0.5) is 13.2 Å². The number of alkyl halides is 3. The van der Waals surface area contributed by atoms with Crippen molar-refractivity contribution in [1.29, 1.82) is 0 Å². The van der Waals surface area contributed by atoms with Crippen molar-refractivity contribution in [2.75, 3.05) is 0 Å². The number of fused-ring (bicyclic) bond motifs is 1. The van der Waals surface area contributed by atoms with Crippen LogP contribution in [-0.4, -0.2) is 44.9 Å². The zero-order valence-corrected chi connectivity index (χ0v) is 10.4. The van der Waals surface area contributed by atoms with E-state index in [1.165, 1.54) is 0 Å². The molecule has 1 aliphatic rings. The maximum absolute atomic E-state index is 12.6. The summed E-state index contributed by atoms with van der Waals surface area (Å²) < 4.78 is 37.8. The Balaban J connectivity index is 2.54. The number of benzene rings is 1. The Morgan fingerprint density at radius 3 is 1.95 bits per heavy atom. The van der Waals surface area contributed by atoms with Crippen molar-refractivity contribution in [3.05, 3.63) is 34.9 Å². The number of aliphatic carboxylic acids is 2. The van der Waals surface area contributed by atoms with Gasteiger partial charge in [-0.1, -0.05) is 0 Å². The third kappa shape index (κ3) is 2.28. The fourth-order valence-corrected chi connectivity index (χ4v) is 2.00. The molecule has 0 aromatic heterocycles. The van der Waals surface area contributed by atoms with Gasteiger partial charge < -0.3 is 10.2 Å². The molecule has 1 aliphatic heterocycles. The Morgan fingerprint density at radius 2 is 1.50 bits per heavy atom. The smallest absolute Gasteiger partial charge is 0.416 e. The van der Waals surface area contributed by atoms with Gasteiger partial charge in [0.15, 0.2) is 0 Å². The molecule has 10 heteroatoms. The molecule has 0 saturated carbocycles. The first-order valence-electron chi connectivity index (χ1n) is 5.60. The van der Waals surface area contributed by atoms with Crippen molar-refractivity contribution < 1.29 is 42.6 Å². The van der Waals surface area contributed by atoms with E-state index in [1.807, 2.05) is 0 Å². The number of carbonyl (C=O) groups excluding carboxylic acids is 2. The van der Waals surface area contributed by atoms with Gasteiger partial charge in [0.25, 0.3) is 11.8 Å². The van der Waals surface area contributed by atoms with Gasteiger partial charge in [0, 0.05) is 0 Å². The Bertz CT molecular complexity index is 697. The Kier molecular flexibility index (Phi) is 3.39. The third-order valence-electron chi connectivity index (χ3n) is 2.97. The molecular weight excluding hydrogens is 311 g/mol. The van der Waals surface area contributed by atoms with Gasteiger partial charge in [0.2, 0.25) is 6.04 Å². The molecule has 22 heavy (non-hydrogen) atoms. The number of amides is 2. The zero-order valence-electron chi connectivity index (χ0n) is 10.4. The van der Waals surface area contributed by atoms with Crippen LogP contribution >= 0.6 is 0 Å².